The van der Waals surface area contributed by atoms with E-state index in [1.807, 2.05) is 50.4 Å². The van der Waals surface area contributed by atoms with E-state index in [1.165, 1.54) is 11.0 Å². The van der Waals surface area contributed by atoms with Crippen LogP contribution >= 0.6 is 11.8 Å². The van der Waals surface area contributed by atoms with Crippen LogP contribution in [0.3, 0.4) is 0 Å². The van der Waals surface area contributed by atoms with Crippen molar-refractivity contribution in [3.8, 4) is 11.8 Å². The van der Waals surface area contributed by atoms with Crippen LogP contribution in [-0.2, 0) is 11.3 Å². The van der Waals surface area contributed by atoms with Crippen molar-refractivity contribution >= 4 is 40.0 Å². The van der Waals surface area contributed by atoms with Gasteiger partial charge in [-0.2, -0.15) is 13.2 Å². The number of benzene rings is 2. The van der Waals surface area contributed by atoms with Gasteiger partial charge in [0.1, 0.15) is 6.54 Å². The molecule has 11 heteroatoms. The number of piperidine rings is 2. The molecule has 3 heterocycles. The van der Waals surface area contributed by atoms with Crippen LogP contribution in [0.5, 0.6) is 0 Å². The number of hydrogen-bond donors (Lipinski definition) is 3. The zero-order chi connectivity index (χ0) is 35.8. The molecule has 3 N–H and O–H groups in total. The SMILES string of the molecule is CC.CCC.CSc1ccc(NCC#Cc2cc3c(NC4CCN(CCN5CCC(C(=O)O)CC5)CC4)cccc3n2CC(F)(F)F)cc1. The number of thioether (sulfide) groups is 1. The maximum atomic E-state index is 13.6. The van der Waals surface area contributed by atoms with E-state index in [-0.39, 0.29) is 12.0 Å². The predicted molar refractivity (Wildman–Crippen MR) is 199 cm³/mol. The number of likely N-dealkylation sites (tertiary alicyclic amines) is 2. The monoisotopic (exact) mass is 701 g/mol. The van der Waals surface area contributed by atoms with Gasteiger partial charge < -0.3 is 30.1 Å². The topological polar surface area (TPSA) is 72.8 Å². The van der Waals surface area contributed by atoms with Gasteiger partial charge in [-0.05, 0) is 93.4 Å². The maximum Gasteiger partial charge on any atom is 0.406 e. The molecule has 2 aliphatic rings. The van der Waals surface area contributed by atoms with Crippen molar-refractivity contribution in [1.29, 1.82) is 0 Å². The van der Waals surface area contributed by atoms with Gasteiger partial charge in [-0.25, -0.2) is 0 Å². The zero-order valence-corrected chi connectivity index (χ0v) is 30.5. The fourth-order valence-electron chi connectivity index (χ4n) is 6.06. The van der Waals surface area contributed by atoms with Gasteiger partial charge in [0, 0.05) is 53.9 Å². The minimum Gasteiger partial charge on any atom is -0.481 e. The average molecular weight is 702 g/mol. The molecule has 1 aromatic heterocycles. The summed E-state index contributed by atoms with van der Waals surface area (Å²) in [6.07, 6.45) is 2.21. The minimum absolute atomic E-state index is 0.212. The Morgan fingerprint density at radius 3 is 2.10 bits per heavy atom. The van der Waals surface area contributed by atoms with Crippen LogP contribution in [0.4, 0.5) is 24.5 Å². The smallest absolute Gasteiger partial charge is 0.406 e. The first-order valence-corrected chi connectivity index (χ1v) is 18.8. The molecule has 0 unspecified atom stereocenters. The standard InChI is InChI=1S/C33H40F3N5O2S.C3H8.C2H6/c1-44-28-9-7-25(8-10-28)37-15-3-4-27-22-29-30(5-2-6-31(29)41(27)23-33(34,35)36)38-26-13-18-40(19-14-26)21-20-39-16-11-24(12-17-39)32(42)43;1-3-2;1-2/h2,5-10,22,24,26,37-38H,11-21,23H2,1H3,(H,42,43);3H2,1-2H3;1-2H3. The van der Waals surface area contributed by atoms with Crippen molar-refractivity contribution in [3.63, 3.8) is 0 Å². The average Bonchev–Trinajstić information content (AvgIpc) is 3.44. The van der Waals surface area contributed by atoms with Gasteiger partial charge >= 0.3 is 12.1 Å². The summed E-state index contributed by atoms with van der Waals surface area (Å²) >= 11 is 1.66. The van der Waals surface area contributed by atoms with E-state index in [0.29, 0.717) is 30.6 Å². The number of alkyl halides is 3. The van der Waals surface area contributed by atoms with E-state index in [1.54, 1.807) is 30.0 Å². The van der Waals surface area contributed by atoms with Gasteiger partial charge in [0.15, 0.2) is 0 Å². The highest BCUT2D eigenvalue weighted by Gasteiger charge is 2.30. The lowest BCUT2D eigenvalue weighted by Crippen LogP contribution is -2.44. The first kappa shape index (κ1) is 40.1. The summed E-state index contributed by atoms with van der Waals surface area (Å²) in [6, 6.07) is 15.4. The Hall–Kier alpha value is -3.33. The number of carbonyl (C=O) groups is 1. The third-order valence-electron chi connectivity index (χ3n) is 8.59. The number of halogens is 3. The summed E-state index contributed by atoms with van der Waals surface area (Å²) in [6.45, 7) is 12.9. The molecule has 3 aromatic rings. The second-order valence-electron chi connectivity index (χ2n) is 12.3. The molecule has 270 valence electrons. The molecule has 0 bridgehead atoms. The number of aromatic nitrogens is 1. The van der Waals surface area contributed by atoms with E-state index in [0.717, 1.165) is 73.8 Å². The number of fused-ring (bicyclic) bond motifs is 1. The lowest BCUT2D eigenvalue weighted by atomic mass is 9.97. The fourth-order valence-corrected chi connectivity index (χ4v) is 6.47. The van der Waals surface area contributed by atoms with Crippen LogP contribution in [0, 0.1) is 17.8 Å². The van der Waals surface area contributed by atoms with Crippen LogP contribution in [0.2, 0.25) is 0 Å². The highest BCUT2D eigenvalue weighted by molar-refractivity contribution is 7.98. The largest absolute Gasteiger partial charge is 0.481 e. The predicted octanol–water partition coefficient (Wildman–Crippen LogP) is 8.50. The van der Waals surface area contributed by atoms with Crippen LogP contribution in [0.15, 0.2) is 53.4 Å². The fraction of sp³-hybridized carbons (Fsp3) is 0.553. The number of anilines is 2. The van der Waals surface area contributed by atoms with Crippen molar-refractivity contribution in [2.75, 3.05) is 62.7 Å². The molecule has 5 rings (SSSR count). The number of nitrogens with zero attached hydrogens (tertiary/aromatic N) is 3. The van der Waals surface area contributed by atoms with Gasteiger partial charge in [-0.15, -0.1) is 11.8 Å². The lowest BCUT2D eigenvalue weighted by molar-refractivity contribution is -0.143. The first-order chi connectivity index (χ1) is 23.6. The van der Waals surface area contributed by atoms with Crippen molar-refractivity contribution in [1.82, 2.24) is 14.4 Å². The number of carboxylic acids is 1. The van der Waals surface area contributed by atoms with Gasteiger partial charge in [0.2, 0.25) is 0 Å². The molecule has 0 spiro atoms. The third-order valence-corrected chi connectivity index (χ3v) is 9.33. The zero-order valence-electron chi connectivity index (χ0n) is 29.7. The van der Waals surface area contributed by atoms with Gasteiger partial charge in [-0.1, -0.05) is 46.1 Å². The van der Waals surface area contributed by atoms with Gasteiger partial charge in [0.05, 0.1) is 23.7 Å². The van der Waals surface area contributed by atoms with Crippen molar-refractivity contribution in [3.05, 3.63) is 54.2 Å². The van der Waals surface area contributed by atoms with E-state index >= 15 is 0 Å². The van der Waals surface area contributed by atoms with E-state index in [9.17, 15) is 23.1 Å². The number of rotatable bonds is 10. The molecular formula is C38H54F3N5O2S. The Morgan fingerprint density at radius 2 is 1.55 bits per heavy atom. The Balaban J connectivity index is 0.00000123. The van der Waals surface area contributed by atoms with Crippen molar-refractivity contribution in [2.45, 2.75) is 83.5 Å². The minimum atomic E-state index is -4.37. The Morgan fingerprint density at radius 1 is 0.959 bits per heavy atom. The molecule has 0 radical (unpaired) electrons. The van der Waals surface area contributed by atoms with Crippen molar-refractivity contribution < 1.29 is 23.1 Å². The molecule has 2 saturated heterocycles. The first-order valence-electron chi connectivity index (χ1n) is 17.6. The second-order valence-corrected chi connectivity index (χ2v) is 13.2. The maximum absolute atomic E-state index is 13.6. The van der Waals surface area contributed by atoms with E-state index in [2.05, 4.69) is 46.1 Å². The summed E-state index contributed by atoms with van der Waals surface area (Å²) < 4.78 is 42.1. The molecule has 49 heavy (non-hydrogen) atoms. The van der Waals surface area contributed by atoms with Crippen LogP contribution in [-0.4, -0.2) is 89.7 Å². The Kier molecular flexibility index (Phi) is 16.7. The van der Waals surface area contributed by atoms with Gasteiger partial charge in [0.25, 0.3) is 0 Å². The normalized spacial score (nSPS) is 16.1. The molecule has 0 aliphatic carbocycles. The summed E-state index contributed by atoms with van der Waals surface area (Å²) in [7, 11) is 0. The second kappa shape index (κ2) is 20.4. The number of hydrogen-bond acceptors (Lipinski definition) is 6. The molecule has 2 fully saturated rings. The molecule has 7 nitrogen and oxygen atoms in total. The van der Waals surface area contributed by atoms with Crippen LogP contribution in [0.1, 0.15) is 65.5 Å². The summed E-state index contributed by atoms with van der Waals surface area (Å²) in [5.74, 6) is 5.09. The van der Waals surface area contributed by atoms with E-state index < -0.39 is 18.7 Å². The van der Waals surface area contributed by atoms with Crippen LogP contribution in [0.25, 0.3) is 10.9 Å². The number of nitrogens with one attached hydrogen (secondary N) is 2. The lowest BCUT2D eigenvalue weighted by Gasteiger charge is -2.36. The quantitative estimate of drug-likeness (QED) is 0.145. The highest BCUT2D eigenvalue weighted by Crippen LogP contribution is 2.31. The number of carboxylic acid groups (broad SMARTS) is 1. The molecule has 0 saturated carbocycles. The third kappa shape index (κ3) is 12.8. The summed E-state index contributed by atoms with van der Waals surface area (Å²) in [5.41, 5.74) is 2.60. The molecule has 2 aromatic carbocycles. The molecule has 0 amide bonds. The molecular weight excluding hydrogens is 648 g/mol. The molecule has 2 aliphatic heterocycles. The summed E-state index contributed by atoms with van der Waals surface area (Å²) in [5, 5.41) is 16.8. The Labute approximate surface area is 295 Å². The van der Waals surface area contributed by atoms with Gasteiger partial charge in [-0.3, -0.25) is 4.79 Å². The highest BCUT2D eigenvalue weighted by atomic mass is 32.2. The Bertz CT molecular complexity index is 1480. The summed E-state index contributed by atoms with van der Waals surface area (Å²) in [4.78, 5) is 17.2. The van der Waals surface area contributed by atoms with Crippen LogP contribution < -0.4 is 10.6 Å². The van der Waals surface area contributed by atoms with E-state index in [4.69, 9.17) is 0 Å². The number of aliphatic carboxylic acids is 1. The van der Waals surface area contributed by atoms with Crippen molar-refractivity contribution in [2.24, 2.45) is 5.92 Å². The molecule has 0 atom stereocenters.